The summed E-state index contributed by atoms with van der Waals surface area (Å²) in [4.78, 5) is 11.6. The molecule has 0 aromatic heterocycles. The lowest BCUT2D eigenvalue weighted by molar-refractivity contribution is -0.137. The fourth-order valence-electron chi connectivity index (χ4n) is 1.92. The summed E-state index contributed by atoms with van der Waals surface area (Å²) in [7, 11) is -4.04. The number of carbonyl (C=O) groups excluding carboxylic acids is 1. The smallest absolute Gasteiger partial charge is 0.348 e. The van der Waals surface area contributed by atoms with Gasteiger partial charge in [-0.1, -0.05) is 30.3 Å². The summed E-state index contributed by atoms with van der Waals surface area (Å²) in [6.45, 7) is 1.76. The van der Waals surface area contributed by atoms with Gasteiger partial charge in [-0.15, -0.1) is 0 Å². The van der Waals surface area contributed by atoms with Crippen LogP contribution in [0.3, 0.4) is 0 Å². The van der Waals surface area contributed by atoms with Gasteiger partial charge in [0.15, 0.2) is 0 Å². The predicted molar refractivity (Wildman–Crippen MR) is 90.9 cm³/mol. The van der Waals surface area contributed by atoms with Crippen LogP contribution in [-0.2, 0) is 19.6 Å². The zero-order valence-corrected chi connectivity index (χ0v) is 14.2. The molecule has 0 atom stereocenters. The predicted octanol–water partition coefficient (Wildman–Crippen LogP) is 2.92. The summed E-state index contributed by atoms with van der Waals surface area (Å²) < 4.78 is 34.5. The van der Waals surface area contributed by atoms with E-state index in [1.165, 1.54) is 36.4 Å². The molecule has 0 aliphatic carbocycles. The van der Waals surface area contributed by atoms with Crippen molar-refractivity contribution in [2.24, 2.45) is 0 Å². The van der Waals surface area contributed by atoms with Gasteiger partial charge in [0.1, 0.15) is 22.3 Å². The van der Waals surface area contributed by atoms with Crippen molar-refractivity contribution in [3.63, 3.8) is 0 Å². The largest absolute Gasteiger partial charge is 0.462 e. The molecular weight excluding hydrogens is 342 g/mol. The van der Waals surface area contributed by atoms with E-state index >= 15 is 0 Å². The van der Waals surface area contributed by atoms with Crippen LogP contribution < -0.4 is 4.18 Å². The fourth-order valence-corrected chi connectivity index (χ4v) is 2.91. The van der Waals surface area contributed by atoms with Crippen molar-refractivity contribution in [1.82, 2.24) is 0 Å². The van der Waals surface area contributed by atoms with Crippen LogP contribution in [0.4, 0.5) is 0 Å². The van der Waals surface area contributed by atoms with Gasteiger partial charge in [-0.2, -0.15) is 13.7 Å². The third-order valence-corrected chi connectivity index (χ3v) is 4.27. The lowest BCUT2D eigenvalue weighted by Gasteiger charge is -2.07. The van der Waals surface area contributed by atoms with Crippen LogP contribution in [0.2, 0.25) is 0 Å². The number of rotatable bonds is 6. The maximum Gasteiger partial charge on any atom is 0.348 e. The minimum absolute atomic E-state index is 0.0914. The van der Waals surface area contributed by atoms with Crippen LogP contribution in [0.25, 0.3) is 6.08 Å². The van der Waals surface area contributed by atoms with E-state index in [9.17, 15) is 13.2 Å². The number of carbonyl (C=O) groups is 1. The number of para-hydroxylation sites is 1. The Morgan fingerprint density at radius 3 is 2.52 bits per heavy atom. The molecule has 0 bridgehead atoms. The summed E-state index contributed by atoms with van der Waals surface area (Å²) in [5.74, 6) is -0.577. The van der Waals surface area contributed by atoms with Crippen molar-refractivity contribution in [3.05, 3.63) is 65.7 Å². The van der Waals surface area contributed by atoms with Crippen molar-refractivity contribution in [2.45, 2.75) is 11.8 Å². The number of ether oxygens (including phenoxy) is 1. The maximum absolute atomic E-state index is 12.3. The molecule has 0 N–H and O–H groups in total. The van der Waals surface area contributed by atoms with Gasteiger partial charge in [0.2, 0.25) is 0 Å². The van der Waals surface area contributed by atoms with Crippen LogP contribution in [0.5, 0.6) is 5.75 Å². The molecule has 0 radical (unpaired) electrons. The Hall–Kier alpha value is -3.11. The molecule has 0 aliphatic rings. The van der Waals surface area contributed by atoms with E-state index in [1.807, 2.05) is 0 Å². The highest BCUT2D eigenvalue weighted by molar-refractivity contribution is 7.87. The van der Waals surface area contributed by atoms with E-state index in [0.29, 0.717) is 5.56 Å². The van der Waals surface area contributed by atoms with Crippen molar-refractivity contribution >= 4 is 22.2 Å². The molecular formula is C18H15NO5S. The van der Waals surface area contributed by atoms with Crippen molar-refractivity contribution in [2.75, 3.05) is 6.61 Å². The van der Waals surface area contributed by atoms with E-state index in [4.69, 9.17) is 14.2 Å². The summed E-state index contributed by atoms with van der Waals surface area (Å²) in [6.07, 6.45) is 1.26. The zero-order chi connectivity index (χ0) is 18.3. The Morgan fingerprint density at radius 2 is 1.88 bits per heavy atom. The highest BCUT2D eigenvalue weighted by Gasteiger charge is 2.17. The molecule has 0 aliphatic heterocycles. The van der Waals surface area contributed by atoms with Gasteiger partial charge in [0, 0.05) is 0 Å². The lowest BCUT2D eigenvalue weighted by atomic mass is 10.1. The quantitative estimate of drug-likeness (QED) is 0.341. The molecule has 0 unspecified atom stereocenters. The lowest BCUT2D eigenvalue weighted by Crippen LogP contribution is -2.10. The molecule has 2 aromatic carbocycles. The molecule has 7 heteroatoms. The third-order valence-electron chi connectivity index (χ3n) is 3.02. The van der Waals surface area contributed by atoms with Gasteiger partial charge in [0.05, 0.1) is 6.61 Å². The highest BCUT2D eigenvalue weighted by Crippen LogP contribution is 2.20. The van der Waals surface area contributed by atoms with E-state index in [-0.39, 0.29) is 22.8 Å². The number of nitrogens with zero attached hydrogens (tertiary/aromatic N) is 1. The molecule has 0 saturated carbocycles. The van der Waals surface area contributed by atoms with Gasteiger partial charge < -0.3 is 8.92 Å². The summed E-state index contributed by atoms with van der Waals surface area (Å²) in [5, 5.41) is 9.05. The van der Waals surface area contributed by atoms with Crippen LogP contribution in [0, 0.1) is 11.3 Å². The first-order chi connectivity index (χ1) is 12.0. The second-order valence-electron chi connectivity index (χ2n) is 4.81. The first-order valence-electron chi connectivity index (χ1n) is 7.35. The van der Waals surface area contributed by atoms with Gasteiger partial charge in [-0.3, -0.25) is 0 Å². The molecule has 0 amide bonds. The second-order valence-corrected chi connectivity index (χ2v) is 6.36. The Bertz CT molecular complexity index is 927. The SMILES string of the molecule is CCOC(=O)/C(C#N)=C\c1cccc(S(=O)(=O)Oc2ccccc2)c1. The first kappa shape index (κ1) is 18.2. The molecule has 0 heterocycles. The van der Waals surface area contributed by atoms with E-state index in [2.05, 4.69) is 0 Å². The third kappa shape index (κ3) is 4.93. The fraction of sp³-hybridized carbons (Fsp3) is 0.111. The van der Waals surface area contributed by atoms with E-state index in [1.54, 1.807) is 37.3 Å². The van der Waals surface area contributed by atoms with Crippen LogP contribution >= 0.6 is 0 Å². The molecule has 0 fully saturated rings. The standard InChI is InChI=1S/C18H15NO5S/c1-2-23-18(20)15(13-19)11-14-7-6-10-17(12-14)25(21,22)24-16-8-4-3-5-9-16/h3-12H,2H2,1H3/b15-11-. The van der Waals surface area contributed by atoms with Crippen LogP contribution in [-0.4, -0.2) is 21.0 Å². The molecule has 25 heavy (non-hydrogen) atoms. The first-order valence-corrected chi connectivity index (χ1v) is 8.75. The average molecular weight is 357 g/mol. The summed E-state index contributed by atoms with van der Waals surface area (Å²) >= 11 is 0. The van der Waals surface area contributed by atoms with Gasteiger partial charge >= 0.3 is 16.1 Å². The minimum atomic E-state index is -4.04. The van der Waals surface area contributed by atoms with Gasteiger partial charge in [-0.25, -0.2) is 4.79 Å². The second kappa shape index (κ2) is 8.13. The molecule has 0 spiro atoms. The minimum Gasteiger partial charge on any atom is -0.462 e. The van der Waals surface area contributed by atoms with Crippen molar-refractivity contribution in [1.29, 1.82) is 5.26 Å². The molecule has 6 nitrogen and oxygen atoms in total. The zero-order valence-electron chi connectivity index (χ0n) is 13.4. The topological polar surface area (TPSA) is 93.5 Å². The number of hydrogen-bond acceptors (Lipinski definition) is 6. The van der Waals surface area contributed by atoms with Crippen LogP contribution in [0.1, 0.15) is 12.5 Å². The Kier molecular flexibility index (Phi) is 5.93. The van der Waals surface area contributed by atoms with E-state index in [0.717, 1.165) is 0 Å². The number of benzene rings is 2. The highest BCUT2D eigenvalue weighted by atomic mass is 32.2. The van der Waals surface area contributed by atoms with Crippen LogP contribution in [0.15, 0.2) is 65.1 Å². The number of hydrogen-bond donors (Lipinski definition) is 0. The Balaban J connectivity index is 2.32. The number of esters is 1. The van der Waals surface area contributed by atoms with Crippen molar-refractivity contribution in [3.8, 4) is 11.8 Å². The monoisotopic (exact) mass is 357 g/mol. The molecule has 2 aromatic rings. The van der Waals surface area contributed by atoms with Gasteiger partial charge in [-0.05, 0) is 42.8 Å². The normalized spacial score (nSPS) is 11.4. The Labute approximate surface area is 146 Å². The molecule has 2 rings (SSSR count). The average Bonchev–Trinajstić information content (AvgIpc) is 2.60. The molecule has 0 saturated heterocycles. The number of nitriles is 1. The van der Waals surface area contributed by atoms with Crippen molar-refractivity contribution < 1.29 is 22.1 Å². The summed E-state index contributed by atoms with van der Waals surface area (Å²) in [6, 6.07) is 15.6. The van der Waals surface area contributed by atoms with E-state index < -0.39 is 16.1 Å². The Morgan fingerprint density at radius 1 is 1.16 bits per heavy atom. The molecule has 128 valence electrons. The maximum atomic E-state index is 12.3. The summed E-state index contributed by atoms with van der Waals surface area (Å²) in [5.41, 5.74) is 0.141. The van der Waals surface area contributed by atoms with Gasteiger partial charge in [0.25, 0.3) is 0 Å².